The first-order valence-corrected chi connectivity index (χ1v) is 18.5. The molecule has 13 nitrogen and oxygen atoms in total. The maximum Gasteiger partial charge on any atom is 0.410 e. The molecule has 4 amide bonds. The maximum atomic E-state index is 14.4. The number of nitrogens with zero attached hydrogens (tertiary/aromatic N) is 3. The van der Waals surface area contributed by atoms with Crippen molar-refractivity contribution in [2.75, 3.05) is 32.0 Å². The molecule has 2 aromatic carbocycles. The van der Waals surface area contributed by atoms with E-state index < -0.39 is 58.0 Å². The van der Waals surface area contributed by atoms with E-state index in [0.717, 1.165) is 4.90 Å². The molecule has 3 fully saturated rings. The van der Waals surface area contributed by atoms with Gasteiger partial charge in [-0.05, 0) is 56.4 Å². The number of likely N-dealkylation sites (tertiary alicyclic amines) is 2. The predicted octanol–water partition coefficient (Wildman–Crippen LogP) is 3.95. The number of hydrogen-bond donors (Lipinski definition) is 1. The van der Waals surface area contributed by atoms with E-state index >= 15 is 0 Å². The topological polar surface area (TPSA) is 152 Å². The van der Waals surface area contributed by atoms with E-state index in [-0.39, 0.29) is 35.6 Å². The van der Waals surface area contributed by atoms with Crippen LogP contribution in [0.4, 0.5) is 9.59 Å². The van der Waals surface area contributed by atoms with Crippen LogP contribution in [0.15, 0.2) is 96.2 Å². The molecule has 0 aliphatic carbocycles. The number of allylic oxidation sites excluding steroid dienone is 1. The van der Waals surface area contributed by atoms with Crippen LogP contribution in [0.1, 0.15) is 50.8 Å². The van der Waals surface area contributed by atoms with Crippen LogP contribution in [0.5, 0.6) is 0 Å². The highest BCUT2D eigenvalue weighted by atomic mass is 32.2. The molecule has 0 saturated carbocycles. The Hall–Kier alpha value is -5.24. The number of ether oxygens (including phenoxy) is 3. The molecular weight excluding hydrogens is 689 g/mol. The van der Waals surface area contributed by atoms with E-state index in [0.29, 0.717) is 49.2 Å². The van der Waals surface area contributed by atoms with Gasteiger partial charge in [-0.1, -0.05) is 73.3 Å². The van der Waals surface area contributed by atoms with Gasteiger partial charge < -0.3 is 29.3 Å². The Morgan fingerprint density at radius 2 is 1.67 bits per heavy atom. The second-order valence-electron chi connectivity index (χ2n) is 13.9. The predicted molar refractivity (Wildman–Crippen MR) is 191 cm³/mol. The fraction of sp³-hybridized carbons (Fsp3) is 0.395. The number of carbonyl (C=O) groups is 5. The second-order valence-corrected chi connectivity index (χ2v) is 15.4. The number of rotatable bonds is 9. The van der Waals surface area contributed by atoms with Crippen LogP contribution in [-0.2, 0) is 39.4 Å². The number of amides is 4. The molecule has 6 rings (SSSR count). The lowest BCUT2D eigenvalue weighted by atomic mass is 10.00. The number of esters is 1. The molecule has 0 bridgehead atoms. The second kappa shape index (κ2) is 15.2. The van der Waals surface area contributed by atoms with Crippen molar-refractivity contribution in [2.45, 2.75) is 62.8 Å². The van der Waals surface area contributed by atoms with E-state index in [4.69, 9.17) is 14.2 Å². The van der Waals surface area contributed by atoms with Gasteiger partial charge in [0.1, 0.15) is 29.3 Å². The van der Waals surface area contributed by atoms with Crippen LogP contribution >= 0.6 is 0 Å². The fourth-order valence-electron chi connectivity index (χ4n) is 6.80. The number of alkyl carbamates (subject to hydrolysis) is 1. The third-order valence-electron chi connectivity index (χ3n) is 9.14. The van der Waals surface area contributed by atoms with Gasteiger partial charge in [0.25, 0.3) is 5.91 Å². The van der Waals surface area contributed by atoms with E-state index in [1.165, 1.54) is 6.08 Å². The van der Waals surface area contributed by atoms with E-state index in [2.05, 4.69) is 11.9 Å². The van der Waals surface area contributed by atoms with Gasteiger partial charge in [-0.15, -0.1) is 0 Å². The van der Waals surface area contributed by atoms with Gasteiger partial charge in [0.2, 0.25) is 5.91 Å². The Morgan fingerprint density at radius 1 is 1.02 bits per heavy atom. The smallest absolute Gasteiger partial charge is 0.410 e. The number of nitrogens with one attached hydrogen (secondary N) is 1. The van der Waals surface area contributed by atoms with Crippen LogP contribution in [0, 0.1) is 0 Å². The van der Waals surface area contributed by atoms with E-state index in [1.54, 1.807) is 36.6 Å². The van der Waals surface area contributed by atoms with Gasteiger partial charge in [0.05, 0.1) is 22.6 Å². The third kappa shape index (κ3) is 7.66. The first-order chi connectivity index (χ1) is 24.9. The van der Waals surface area contributed by atoms with Crippen LogP contribution in [0.3, 0.4) is 0 Å². The number of fused-ring (bicyclic) bond motifs is 1. The standard InChI is InChI=1S/C38H42N4O9S/c1-5-20-49-37(47)40-18-17-28(22-40)41-19-16-26(32(41)43)21-27-23-52(48)34-29(39-36(46)51-38(2,3)4)33(44)42(34)30(27)35(45)50-31(24-12-8-6-9-13-24)25-14-10-7-11-15-25/h5-15,21,28-29,31,34H,1,16-20,22-23H2,2-4H3,(H,39,46)/b26-21+/t28-,29-,34?,52?/m1/s1. The summed E-state index contributed by atoms with van der Waals surface area (Å²) in [6.07, 6.45) is 1.77. The van der Waals surface area contributed by atoms with Crippen molar-refractivity contribution in [3.05, 3.63) is 107 Å². The SMILES string of the molecule is C=CCOC(=O)N1CC[C@@H](N2CC/C(=C\C3=C(C(=O)OC(c4ccccc4)c4ccccc4)N4C(=O)[C@@H](NC(=O)OC(C)(C)C)C4S(=O)C3)C2=O)C1. The zero-order valence-corrected chi connectivity index (χ0v) is 30.1. The van der Waals surface area contributed by atoms with E-state index in [1.807, 2.05) is 60.7 Å². The Kier molecular flexibility index (Phi) is 10.7. The summed E-state index contributed by atoms with van der Waals surface area (Å²) < 4.78 is 30.5. The number of hydrogen-bond acceptors (Lipinski definition) is 9. The Bertz CT molecular complexity index is 1800. The fourth-order valence-corrected chi connectivity index (χ4v) is 8.43. The van der Waals surface area contributed by atoms with Crippen LogP contribution in [-0.4, -0.2) is 104 Å². The molecule has 14 heteroatoms. The van der Waals surface area contributed by atoms with Gasteiger partial charge in [0, 0.05) is 25.2 Å². The minimum absolute atomic E-state index is 0.0897. The first kappa shape index (κ1) is 36.5. The molecule has 4 aliphatic rings. The summed E-state index contributed by atoms with van der Waals surface area (Å²) in [6.45, 7) is 9.83. The monoisotopic (exact) mass is 730 g/mol. The minimum atomic E-state index is -1.77. The minimum Gasteiger partial charge on any atom is -0.448 e. The number of carbonyl (C=O) groups excluding carboxylic acids is 5. The zero-order chi connectivity index (χ0) is 37.2. The van der Waals surface area contributed by atoms with Gasteiger partial charge in [-0.25, -0.2) is 14.4 Å². The Morgan fingerprint density at radius 3 is 2.29 bits per heavy atom. The third-order valence-corrected chi connectivity index (χ3v) is 10.8. The Balaban J connectivity index is 1.31. The lowest BCUT2D eigenvalue weighted by Gasteiger charge is -2.49. The molecule has 1 N–H and O–H groups in total. The van der Waals surface area contributed by atoms with Crippen molar-refractivity contribution in [3.8, 4) is 0 Å². The quantitative estimate of drug-likeness (QED) is 0.133. The van der Waals surface area contributed by atoms with Crippen LogP contribution in [0.2, 0.25) is 0 Å². The van der Waals surface area contributed by atoms with Crippen molar-refractivity contribution in [1.82, 2.24) is 20.0 Å². The van der Waals surface area contributed by atoms with Gasteiger partial charge in [-0.3, -0.25) is 18.7 Å². The van der Waals surface area contributed by atoms with Crippen molar-refractivity contribution in [2.24, 2.45) is 0 Å². The summed E-state index contributed by atoms with van der Waals surface area (Å²) in [5.41, 5.74) is 1.01. The van der Waals surface area contributed by atoms with Crippen molar-refractivity contribution in [3.63, 3.8) is 0 Å². The molecule has 4 atom stereocenters. The molecule has 274 valence electrons. The lowest BCUT2D eigenvalue weighted by Crippen LogP contribution is -2.73. The summed E-state index contributed by atoms with van der Waals surface area (Å²) in [7, 11) is -1.77. The summed E-state index contributed by atoms with van der Waals surface area (Å²) in [5.74, 6) is -1.94. The zero-order valence-electron chi connectivity index (χ0n) is 29.3. The van der Waals surface area contributed by atoms with Crippen molar-refractivity contribution in [1.29, 1.82) is 0 Å². The normalized spacial score (nSPS) is 23.8. The van der Waals surface area contributed by atoms with Crippen molar-refractivity contribution < 1.29 is 42.4 Å². The highest BCUT2D eigenvalue weighted by Gasteiger charge is 2.58. The molecule has 4 aliphatic heterocycles. The van der Waals surface area contributed by atoms with Gasteiger partial charge in [-0.2, -0.15) is 0 Å². The summed E-state index contributed by atoms with van der Waals surface area (Å²) in [4.78, 5) is 71.3. The highest BCUT2D eigenvalue weighted by molar-refractivity contribution is 7.86. The molecule has 3 saturated heterocycles. The maximum absolute atomic E-state index is 14.4. The average molecular weight is 731 g/mol. The molecule has 0 aromatic heterocycles. The number of β-lactam (4-membered cyclic amide) rings is 1. The largest absolute Gasteiger partial charge is 0.448 e. The van der Waals surface area contributed by atoms with Crippen LogP contribution in [0.25, 0.3) is 0 Å². The molecule has 0 radical (unpaired) electrons. The molecular formula is C38H42N4O9S. The first-order valence-electron chi connectivity index (χ1n) is 17.1. The Labute approximate surface area is 304 Å². The summed E-state index contributed by atoms with van der Waals surface area (Å²) in [6, 6.07) is 16.9. The molecule has 2 unspecified atom stereocenters. The molecule has 2 aromatic rings. The van der Waals surface area contributed by atoms with Crippen molar-refractivity contribution >= 4 is 40.8 Å². The molecule has 0 spiro atoms. The molecule has 52 heavy (non-hydrogen) atoms. The van der Waals surface area contributed by atoms with Gasteiger partial charge >= 0.3 is 18.2 Å². The molecule has 4 heterocycles. The summed E-state index contributed by atoms with van der Waals surface area (Å²) >= 11 is 0. The highest BCUT2D eigenvalue weighted by Crippen LogP contribution is 2.39. The average Bonchev–Trinajstić information content (AvgIpc) is 3.75. The number of benzene rings is 2. The van der Waals surface area contributed by atoms with Gasteiger partial charge in [0.15, 0.2) is 6.10 Å². The van der Waals surface area contributed by atoms with Crippen LogP contribution < -0.4 is 5.32 Å². The summed E-state index contributed by atoms with van der Waals surface area (Å²) in [5, 5.41) is 1.46. The lowest BCUT2D eigenvalue weighted by molar-refractivity contribution is -0.153. The van der Waals surface area contributed by atoms with E-state index in [9.17, 15) is 28.2 Å².